The first kappa shape index (κ1) is 12.0. The first-order chi connectivity index (χ1) is 9.33. The summed E-state index contributed by atoms with van der Waals surface area (Å²) in [6, 6.07) is 12.3. The molecular formula is C14H14N4S. The SMILES string of the molecule is CC(N=C1NSc2cnccc2N1)c1ccccc1. The molecule has 2 N–H and O–H groups in total. The maximum atomic E-state index is 4.66. The summed E-state index contributed by atoms with van der Waals surface area (Å²) < 4.78 is 3.19. The first-order valence-corrected chi connectivity index (χ1v) is 6.91. The fraction of sp³-hybridized carbons (Fsp3) is 0.143. The van der Waals surface area contributed by atoms with E-state index in [1.54, 1.807) is 6.20 Å². The molecule has 2 aromatic rings. The molecule has 0 bridgehead atoms. The number of pyridine rings is 1. The predicted molar refractivity (Wildman–Crippen MR) is 79.1 cm³/mol. The van der Waals surface area contributed by atoms with E-state index < -0.39 is 0 Å². The van der Waals surface area contributed by atoms with Crippen molar-refractivity contribution in [3.63, 3.8) is 0 Å². The minimum atomic E-state index is 0.111. The van der Waals surface area contributed by atoms with Gasteiger partial charge in [0.1, 0.15) is 0 Å². The van der Waals surface area contributed by atoms with Gasteiger partial charge in [0, 0.05) is 12.4 Å². The monoisotopic (exact) mass is 270 g/mol. The van der Waals surface area contributed by atoms with Gasteiger partial charge in [-0.3, -0.25) is 9.71 Å². The van der Waals surface area contributed by atoms with Gasteiger partial charge in [-0.1, -0.05) is 30.3 Å². The van der Waals surface area contributed by atoms with E-state index in [0.717, 1.165) is 16.5 Å². The maximum Gasteiger partial charge on any atom is 0.206 e. The van der Waals surface area contributed by atoms with Crippen molar-refractivity contribution in [1.29, 1.82) is 0 Å². The first-order valence-electron chi connectivity index (χ1n) is 6.09. The number of fused-ring (bicyclic) bond motifs is 1. The minimum absolute atomic E-state index is 0.111. The Kier molecular flexibility index (Phi) is 3.37. The Morgan fingerprint density at radius 3 is 2.89 bits per heavy atom. The average Bonchev–Trinajstić information content (AvgIpc) is 2.48. The Labute approximate surface area is 116 Å². The topological polar surface area (TPSA) is 49.3 Å². The highest BCUT2D eigenvalue weighted by molar-refractivity contribution is 7.98. The van der Waals surface area contributed by atoms with E-state index in [4.69, 9.17) is 0 Å². The van der Waals surface area contributed by atoms with Crippen LogP contribution in [0.1, 0.15) is 18.5 Å². The number of guanidine groups is 1. The van der Waals surface area contributed by atoms with Crippen molar-refractivity contribution in [3.8, 4) is 0 Å². The third-order valence-corrected chi connectivity index (χ3v) is 3.74. The number of hydrogen-bond donors (Lipinski definition) is 2. The van der Waals surface area contributed by atoms with Crippen LogP contribution in [0.5, 0.6) is 0 Å². The fourth-order valence-electron chi connectivity index (χ4n) is 1.88. The van der Waals surface area contributed by atoms with Gasteiger partial charge in [-0.25, -0.2) is 4.99 Å². The second kappa shape index (κ2) is 5.32. The molecule has 0 fully saturated rings. The molecule has 1 unspecified atom stereocenters. The van der Waals surface area contributed by atoms with Gasteiger partial charge >= 0.3 is 0 Å². The van der Waals surface area contributed by atoms with Crippen molar-refractivity contribution >= 4 is 23.6 Å². The van der Waals surface area contributed by atoms with E-state index in [1.165, 1.54) is 17.5 Å². The lowest BCUT2D eigenvalue weighted by Gasteiger charge is -2.21. The molecule has 0 amide bonds. The van der Waals surface area contributed by atoms with Crippen LogP contribution in [-0.4, -0.2) is 10.9 Å². The molecule has 1 aliphatic rings. The quantitative estimate of drug-likeness (QED) is 0.823. The molecule has 19 heavy (non-hydrogen) atoms. The molecule has 0 spiro atoms. The van der Waals surface area contributed by atoms with E-state index >= 15 is 0 Å². The molecular weight excluding hydrogens is 256 g/mol. The molecule has 0 saturated heterocycles. The van der Waals surface area contributed by atoms with Crippen LogP contribution >= 0.6 is 11.9 Å². The second-order valence-corrected chi connectivity index (χ2v) is 5.11. The maximum absolute atomic E-state index is 4.66. The van der Waals surface area contributed by atoms with Crippen molar-refractivity contribution in [2.24, 2.45) is 4.99 Å². The summed E-state index contributed by atoms with van der Waals surface area (Å²) in [6.45, 7) is 2.08. The van der Waals surface area contributed by atoms with Gasteiger partial charge in [0.25, 0.3) is 0 Å². The zero-order valence-electron chi connectivity index (χ0n) is 10.5. The van der Waals surface area contributed by atoms with Crippen LogP contribution < -0.4 is 10.0 Å². The smallest absolute Gasteiger partial charge is 0.206 e. The molecule has 1 aromatic heterocycles. The van der Waals surface area contributed by atoms with Gasteiger partial charge in [0.15, 0.2) is 0 Å². The Morgan fingerprint density at radius 1 is 1.21 bits per heavy atom. The summed E-state index contributed by atoms with van der Waals surface area (Å²) in [5.41, 5.74) is 2.24. The number of benzene rings is 1. The van der Waals surface area contributed by atoms with Gasteiger partial charge < -0.3 is 5.32 Å². The van der Waals surface area contributed by atoms with Crippen LogP contribution in [-0.2, 0) is 0 Å². The number of nitrogens with one attached hydrogen (secondary N) is 2. The van der Waals surface area contributed by atoms with E-state index in [2.05, 4.69) is 39.1 Å². The Balaban J connectivity index is 1.79. The van der Waals surface area contributed by atoms with Gasteiger partial charge in [-0.15, -0.1) is 0 Å². The van der Waals surface area contributed by atoms with Crippen molar-refractivity contribution in [3.05, 3.63) is 54.4 Å². The van der Waals surface area contributed by atoms with E-state index in [9.17, 15) is 0 Å². The highest BCUT2D eigenvalue weighted by atomic mass is 32.2. The summed E-state index contributed by atoms with van der Waals surface area (Å²) in [4.78, 5) is 9.83. The molecule has 1 aromatic carbocycles. The van der Waals surface area contributed by atoms with Crippen molar-refractivity contribution in [2.45, 2.75) is 17.9 Å². The predicted octanol–water partition coefficient (Wildman–Crippen LogP) is 3.22. The Hall–Kier alpha value is -2.01. The van der Waals surface area contributed by atoms with Gasteiger partial charge in [-0.2, -0.15) is 0 Å². The number of anilines is 1. The van der Waals surface area contributed by atoms with Crippen LogP contribution in [0.3, 0.4) is 0 Å². The summed E-state index contributed by atoms with van der Waals surface area (Å²) in [5, 5.41) is 3.28. The molecule has 3 rings (SSSR count). The molecule has 1 atom stereocenters. The number of hydrogen-bond acceptors (Lipinski definition) is 3. The normalized spacial score (nSPS) is 17.2. The van der Waals surface area contributed by atoms with Crippen LogP contribution in [0, 0.1) is 0 Å². The summed E-state index contributed by atoms with van der Waals surface area (Å²) in [6.07, 6.45) is 3.60. The molecule has 0 radical (unpaired) electrons. The van der Waals surface area contributed by atoms with Crippen molar-refractivity contribution in [2.75, 3.05) is 5.32 Å². The van der Waals surface area contributed by atoms with Gasteiger partial charge in [0.2, 0.25) is 5.96 Å². The van der Waals surface area contributed by atoms with Crippen molar-refractivity contribution < 1.29 is 0 Å². The standard InChI is InChI=1S/C14H14N4S/c1-10(11-5-3-2-4-6-11)16-14-17-12-7-8-15-9-13(12)19-18-14/h2-10H,1H3,(H2,16,17,18). The van der Waals surface area contributed by atoms with Gasteiger partial charge in [0.05, 0.1) is 16.6 Å². The van der Waals surface area contributed by atoms with Crippen LogP contribution in [0.15, 0.2) is 58.7 Å². The molecule has 4 nitrogen and oxygen atoms in total. The second-order valence-electron chi connectivity index (χ2n) is 4.27. The number of rotatable bonds is 2. The zero-order chi connectivity index (χ0) is 13.1. The Morgan fingerprint density at radius 2 is 2.05 bits per heavy atom. The molecule has 5 heteroatoms. The third-order valence-electron chi connectivity index (χ3n) is 2.90. The highest BCUT2D eigenvalue weighted by Crippen LogP contribution is 2.28. The van der Waals surface area contributed by atoms with E-state index in [0.29, 0.717) is 0 Å². The number of nitrogens with zero attached hydrogens (tertiary/aromatic N) is 2. The van der Waals surface area contributed by atoms with E-state index in [1.807, 2.05) is 30.5 Å². The van der Waals surface area contributed by atoms with E-state index in [-0.39, 0.29) is 6.04 Å². The highest BCUT2D eigenvalue weighted by Gasteiger charge is 2.14. The summed E-state index contributed by atoms with van der Waals surface area (Å²) >= 11 is 1.53. The zero-order valence-corrected chi connectivity index (χ0v) is 11.3. The lowest BCUT2D eigenvalue weighted by molar-refractivity contribution is 0.815. The average molecular weight is 270 g/mol. The summed E-state index contributed by atoms with van der Waals surface area (Å²) in [5.74, 6) is 0.778. The lowest BCUT2D eigenvalue weighted by Crippen LogP contribution is -2.29. The molecule has 96 valence electrons. The third kappa shape index (κ3) is 2.71. The van der Waals surface area contributed by atoms with Crippen LogP contribution in [0.2, 0.25) is 0 Å². The summed E-state index contributed by atoms with van der Waals surface area (Å²) in [7, 11) is 0. The van der Waals surface area contributed by atoms with Crippen LogP contribution in [0.4, 0.5) is 5.69 Å². The van der Waals surface area contributed by atoms with Crippen molar-refractivity contribution in [1.82, 2.24) is 9.71 Å². The molecule has 0 saturated carbocycles. The lowest BCUT2D eigenvalue weighted by atomic mass is 10.1. The largest absolute Gasteiger partial charge is 0.324 e. The van der Waals surface area contributed by atoms with Crippen LogP contribution in [0.25, 0.3) is 0 Å². The molecule has 1 aliphatic heterocycles. The Bertz CT molecular complexity index is 597. The molecule has 2 heterocycles. The van der Waals surface area contributed by atoms with Gasteiger partial charge in [-0.05, 0) is 30.5 Å². The number of aromatic nitrogens is 1. The molecule has 0 aliphatic carbocycles. The number of aliphatic imine (C=N–C) groups is 1. The minimum Gasteiger partial charge on any atom is -0.324 e. The fourth-order valence-corrected chi connectivity index (χ4v) is 2.53.